The summed E-state index contributed by atoms with van der Waals surface area (Å²) in [5.74, 6) is -1.45. The van der Waals surface area contributed by atoms with Gasteiger partial charge in [0.05, 0.1) is 17.9 Å². The maximum absolute atomic E-state index is 14.4. The van der Waals surface area contributed by atoms with Crippen LogP contribution < -0.4 is 10.6 Å². The van der Waals surface area contributed by atoms with Crippen molar-refractivity contribution in [2.45, 2.75) is 46.8 Å². The number of ether oxygens (including phenoxy) is 1. The van der Waals surface area contributed by atoms with Gasteiger partial charge in [0.25, 0.3) is 5.91 Å². The molecule has 2 aromatic heterocycles. The Hall–Kier alpha value is -2.97. The van der Waals surface area contributed by atoms with Crippen LogP contribution in [-0.4, -0.2) is 39.5 Å². The fourth-order valence-corrected chi connectivity index (χ4v) is 3.17. The van der Waals surface area contributed by atoms with Crippen LogP contribution in [0.2, 0.25) is 0 Å². The zero-order chi connectivity index (χ0) is 23.9. The number of aromatic nitrogens is 2. The van der Waals surface area contributed by atoms with Crippen LogP contribution >= 0.6 is 0 Å². The summed E-state index contributed by atoms with van der Waals surface area (Å²) < 4.78 is 21.4. The molecule has 0 aliphatic heterocycles. The minimum absolute atomic E-state index is 0.277. The number of halogens is 1. The summed E-state index contributed by atoms with van der Waals surface area (Å²) in [4.78, 5) is 17.4. The Morgan fingerprint density at radius 2 is 2.00 bits per heavy atom. The molecule has 1 amide bonds. The number of pyridine rings is 1. The molecule has 0 atom stereocenters. The number of carbonyl (C=O) groups is 1. The van der Waals surface area contributed by atoms with Crippen molar-refractivity contribution in [3.8, 4) is 0 Å². The zero-order valence-electron chi connectivity index (χ0n) is 19.6. The van der Waals surface area contributed by atoms with Gasteiger partial charge in [-0.25, -0.2) is 9.37 Å². The molecular formula is C24H33FN4O3. The number of amides is 1. The third-order valence-electron chi connectivity index (χ3n) is 4.61. The lowest BCUT2D eigenvalue weighted by atomic mass is 10.1. The quantitative estimate of drug-likeness (QED) is 0.348. The molecule has 1 aromatic carbocycles. The predicted molar refractivity (Wildman–Crippen MR) is 126 cm³/mol. The van der Waals surface area contributed by atoms with E-state index in [4.69, 9.17) is 4.74 Å². The summed E-state index contributed by atoms with van der Waals surface area (Å²) in [5.41, 5.74) is 2.09. The van der Waals surface area contributed by atoms with E-state index in [1.807, 2.05) is 26.8 Å². The number of anilines is 2. The molecular weight excluding hydrogens is 411 g/mol. The van der Waals surface area contributed by atoms with E-state index in [1.165, 1.54) is 6.07 Å². The monoisotopic (exact) mass is 444 g/mol. The van der Waals surface area contributed by atoms with Crippen LogP contribution in [0.3, 0.4) is 0 Å². The second-order valence-electron chi connectivity index (χ2n) is 7.67. The summed E-state index contributed by atoms with van der Waals surface area (Å²) in [6.45, 7) is 9.59. The van der Waals surface area contributed by atoms with Crippen molar-refractivity contribution in [2.24, 2.45) is 7.05 Å². The Bertz CT molecular complexity index is 1060. The highest BCUT2D eigenvalue weighted by Crippen LogP contribution is 2.31. The lowest BCUT2D eigenvalue weighted by Crippen LogP contribution is -2.28. The van der Waals surface area contributed by atoms with Gasteiger partial charge in [-0.05, 0) is 57.0 Å². The SMILES string of the molecule is CC.Cc1ccc(Nc2c(C(=O)NCCCOC(C)(C)O)c3cccnc3n2C)c(F)c1. The topological polar surface area (TPSA) is 88.4 Å². The van der Waals surface area contributed by atoms with Crippen molar-refractivity contribution < 1.29 is 19.0 Å². The predicted octanol–water partition coefficient (Wildman–Crippen LogP) is 4.66. The Balaban J connectivity index is 0.00000176. The van der Waals surface area contributed by atoms with Crippen molar-refractivity contribution >= 4 is 28.4 Å². The molecule has 0 saturated carbocycles. The first kappa shape index (κ1) is 25.3. The first-order valence-corrected chi connectivity index (χ1v) is 10.8. The van der Waals surface area contributed by atoms with Crippen molar-refractivity contribution in [2.75, 3.05) is 18.5 Å². The van der Waals surface area contributed by atoms with Crippen molar-refractivity contribution in [1.82, 2.24) is 14.9 Å². The summed E-state index contributed by atoms with van der Waals surface area (Å²) in [7, 11) is 1.78. The molecule has 3 N–H and O–H groups in total. The molecule has 3 rings (SSSR count). The van der Waals surface area contributed by atoms with E-state index in [1.54, 1.807) is 49.9 Å². The van der Waals surface area contributed by atoms with E-state index >= 15 is 0 Å². The van der Waals surface area contributed by atoms with Gasteiger partial charge < -0.3 is 25.0 Å². The molecule has 174 valence electrons. The van der Waals surface area contributed by atoms with Crippen LogP contribution in [0.4, 0.5) is 15.9 Å². The van der Waals surface area contributed by atoms with E-state index in [0.29, 0.717) is 42.0 Å². The van der Waals surface area contributed by atoms with Crippen molar-refractivity contribution in [3.05, 3.63) is 53.5 Å². The lowest BCUT2D eigenvalue weighted by molar-refractivity contribution is -0.175. The van der Waals surface area contributed by atoms with Crippen LogP contribution in [0.15, 0.2) is 36.5 Å². The summed E-state index contributed by atoms with van der Waals surface area (Å²) in [5, 5.41) is 16.2. The van der Waals surface area contributed by atoms with Crippen LogP contribution in [0.1, 0.15) is 50.0 Å². The number of fused-ring (bicyclic) bond motifs is 1. The van der Waals surface area contributed by atoms with E-state index < -0.39 is 11.6 Å². The van der Waals surface area contributed by atoms with Gasteiger partial charge in [-0.1, -0.05) is 19.9 Å². The van der Waals surface area contributed by atoms with E-state index in [0.717, 1.165) is 5.56 Å². The Labute approximate surface area is 188 Å². The van der Waals surface area contributed by atoms with Gasteiger partial charge in [0.15, 0.2) is 5.79 Å². The molecule has 0 bridgehead atoms. The number of nitrogens with zero attached hydrogens (tertiary/aromatic N) is 2. The highest BCUT2D eigenvalue weighted by atomic mass is 19.1. The van der Waals surface area contributed by atoms with E-state index in [2.05, 4.69) is 15.6 Å². The highest BCUT2D eigenvalue weighted by Gasteiger charge is 2.22. The summed E-state index contributed by atoms with van der Waals surface area (Å²) in [6.07, 6.45) is 2.18. The number of benzene rings is 1. The smallest absolute Gasteiger partial charge is 0.255 e. The third-order valence-corrected chi connectivity index (χ3v) is 4.61. The number of aliphatic hydroxyl groups is 1. The number of hydrogen-bond donors (Lipinski definition) is 3. The van der Waals surface area contributed by atoms with Crippen LogP contribution in [-0.2, 0) is 11.8 Å². The Morgan fingerprint density at radius 1 is 1.28 bits per heavy atom. The van der Waals surface area contributed by atoms with Crippen LogP contribution in [0, 0.1) is 12.7 Å². The molecule has 0 fully saturated rings. The number of carbonyl (C=O) groups excluding carboxylic acids is 1. The van der Waals surface area contributed by atoms with Crippen molar-refractivity contribution in [1.29, 1.82) is 0 Å². The molecule has 0 spiro atoms. The standard InChI is InChI=1S/C22H27FN4O3.C2H6/c1-14-8-9-17(16(23)13-14)26-20-18(15-7-5-10-24-19(15)27(20)4)21(28)25-11-6-12-30-22(2,3)29;1-2/h5,7-10,13,26,29H,6,11-12H2,1-4H3,(H,25,28);1-2H3. The Kier molecular flexibility index (Phi) is 8.74. The first-order valence-electron chi connectivity index (χ1n) is 10.8. The maximum atomic E-state index is 14.4. The summed E-state index contributed by atoms with van der Waals surface area (Å²) >= 11 is 0. The molecule has 8 heteroatoms. The number of rotatable bonds is 8. The van der Waals surface area contributed by atoms with Gasteiger partial charge in [0.1, 0.15) is 17.3 Å². The van der Waals surface area contributed by atoms with Gasteiger partial charge in [0.2, 0.25) is 0 Å². The minimum atomic E-state index is -1.21. The third kappa shape index (κ3) is 6.27. The van der Waals surface area contributed by atoms with Gasteiger partial charge in [-0.3, -0.25) is 4.79 Å². The van der Waals surface area contributed by atoms with E-state index in [-0.39, 0.29) is 11.6 Å². The molecule has 0 aliphatic carbocycles. The van der Waals surface area contributed by atoms with E-state index in [9.17, 15) is 14.3 Å². The fourth-order valence-electron chi connectivity index (χ4n) is 3.17. The van der Waals surface area contributed by atoms with Crippen LogP contribution in [0.5, 0.6) is 0 Å². The first-order chi connectivity index (χ1) is 15.2. The number of nitrogens with one attached hydrogen (secondary N) is 2. The zero-order valence-corrected chi connectivity index (χ0v) is 19.6. The average Bonchev–Trinajstić information content (AvgIpc) is 3.02. The molecule has 0 aliphatic rings. The average molecular weight is 445 g/mol. The normalized spacial score (nSPS) is 11.1. The molecule has 2 heterocycles. The molecule has 0 radical (unpaired) electrons. The fraction of sp³-hybridized carbons (Fsp3) is 0.417. The molecule has 0 unspecified atom stereocenters. The second kappa shape index (κ2) is 11.1. The molecule has 3 aromatic rings. The second-order valence-corrected chi connectivity index (χ2v) is 7.67. The number of hydrogen-bond acceptors (Lipinski definition) is 5. The molecule has 7 nitrogen and oxygen atoms in total. The maximum Gasteiger partial charge on any atom is 0.255 e. The van der Waals surface area contributed by atoms with Gasteiger partial charge in [0, 0.05) is 25.2 Å². The lowest BCUT2D eigenvalue weighted by Gasteiger charge is -2.18. The van der Waals surface area contributed by atoms with Gasteiger partial charge >= 0.3 is 0 Å². The van der Waals surface area contributed by atoms with Gasteiger partial charge in [-0.2, -0.15) is 0 Å². The molecule has 32 heavy (non-hydrogen) atoms. The van der Waals surface area contributed by atoms with Gasteiger partial charge in [-0.15, -0.1) is 0 Å². The van der Waals surface area contributed by atoms with Crippen LogP contribution in [0.25, 0.3) is 11.0 Å². The highest BCUT2D eigenvalue weighted by molar-refractivity contribution is 6.11. The van der Waals surface area contributed by atoms with Crippen molar-refractivity contribution in [3.63, 3.8) is 0 Å². The molecule has 0 saturated heterocycles. The Morgan fingerprint density at radius 3 is 2.66 bits per heavy atom. The summed E-state index contributed by atoms with van der Waals surface area (Å²) in [6, 6.07) is 8.45. The largest absolute Gasteiger partial charge is 0.366 e. The number of aryl methyl sites for hydroxylation is 2. The minimum Gasteiger partial charge on any atom is -0.366 e.